The fraction of sp³-hybridized carbons (Fsp3) is 0.500. The summed E-state index contributed by atoms with van der Waals surface area (Å²) in [5, 5.41) is 35.7. The first kappa shape index (κ1) is 59.3. The SMILES string of the molecule is O.O.O.O.O=C([O-])C(O)C(O)C(=O)[O-].[F-].[K+].[Na+].[Na+]. The van der Waals surface area contributed by atoms with Crippen LogP contribution in [0, 0.1) is 0 Å². The Kier molecular flexibility index (Phi) is 104. The molecular formula is C4H12FKNa2O10. The molecule has 0 saturated heterocycles. The van der Waals surface area contributed by atoms with E-state index in [4.69, 9.17) is 10.2 Å². The van der Waals surface area contributed by atoms with E-state index in [0.717, 1.165) is 0 Å². The second kappa shape index (κ2) is 31.6. The minimum Gasteiger partial charge on any atom is -1.00 e. The number of halogens is 1. The number of rotatable bonds is 3. The quantitative estimate of drug-likeness (QED) is 0.476. The molecule has 2 unspecified atom stereocenters. The monoisotopic (exact) mass is 324 g/mol. The number of hydrogen-bond donors (Lipinski definition) is 2. The number of hydrogen-bond acceptors (Lipinski definition) is 6. The van der Waals surface area contributed by atoms with Gasteiger partial charge in [0, 0.05) is 0 Å². The van der Waals surface area contributed by atoms with Crippen LogP contribution in [0.5, 0.6) is 0 Å². The molecule has 0 aliphatic heterocycles. The molecule has 0 fully saturated rings. The van der Waals surface area contributed by atoms with Gasteiger partial charge in [-0.25, -0.2) is 0 Å². The van der Waals surface area contributed by atoms with Crippen LogP contribution in [0.3, 0.4) is 0 Å². The first-order valence-corrected chi connectivity index (χ1v) is 2.24. The zero-order valence-corrected chi connectivity index (χ0v) is 17.2. The molecule has 0 saturated carbocycles. The van der Waals surface area contributed by atoms with Crippen LogP contribution in [0.4, 0.5) is 0 Å². The summed E-state index contributed by atoms with van der Waals surface area (Å²) in [4.78, 5) is 19.3. The third-order valence-corrected chi connectivity index (χ3v) is 0.782. The summed E-state index contributed by atoms with van der Waals surface area (Å²) in [5.74, 6) is -4.12. The first-order chi connectivity index (χ1) is 4.46. The van der Waals surface area contributed by atoms with Crippen LogP contribution in [0.1, 0.15) is 0 Å². The van der Waals surface area contributed by atoms with E-state index in [9.17, 15) is 19.8 Å². The maximum absolute atomic E-state index is 9.63. The van der Waals surface area contributed by atoms with Crippen molar-refractivity contribution >= 4 is 11.9 Å². The van der Waals surface area contributed by atoms with Gasteiger partial charge in [0.05, 0.1) is 11.9 Å². The van der Waals surface area contributed by atoms with Crippen molar-refractivity contribution in [1.82, 2.24) is 0 Å². The maximum Gasteiger partial charge on any atom is 1.00 e. The summed E-state index contributed by atoms with van der Waals surface area (Å²) in [6.45, 7) is 0. The van der Waals surface area contributed by atoms with E-state index in [-0.39, 0.29) is 137 Å². The molecule has 10 nitrogen and oxygen atoms in total. The smallest absolute Gasteiger partial charge is 1.00 e. The van der Waals surface area contributed by atoms with E-state index in [1.807, 2.05) is 0 Å². The molecular weight excluding hydrogens is 312 g/mol. The molecule has 0 rings (SSSR count). The number of carboxylic acid groups (broad SMARTS) is 2. The van der Waals surface area contributed by atoms with E-state index in [1.165, 1.54) is 0 Å². The third-order valence-electron chi connectivity index (χ3n) is 0.782. The molecule has 18 heavy (non-hydrogen) atoms. The molecule has 0 aromatic carbocycles. The molecule has 0 heterocycles. The van der Waals surface area contributed by atoms with E-state index in [0.29, 0.717) is 0 Å². The van der Waals surface area contributed by atoms with E-state index >= 15 is 0 Å². The number of carboxylic acids is 2. The van der Waals surface area contributed by atoms with Gasteiger partial charge in [-0.1, -0.05) is 0 Å². The second-order valence-electron chi connectivity index (χ2n) is 1.53. The molecule has 10 N–H and O–H groups in total. The summed E-state index contributed by atoms with van der Waals surface area (Å²) in [7, 11) is 0. The summed E-state index contributed by atoms with van der Waals surface area (Å²) in [6.07, 6.45) is -4.88. The van der Waals surface area contributed by atoms with Gasteiger partial charge in [0.25, 0.3) is 0 Å². The molecule has 0 aromatic rings. The summed E-state index contributed by atoms with van der Waals surface area (Å²) >= 11 is 0. The number of carbonyl (C=O) groups is 2. The summed E-state index contributed by atoms with van der Waals surface area (Å²) < 4.78 is 0. The Balaban J connectivity index is -0.0000000145. The van der Waals surface area contributed by atoms with Gasteiger partial charge in [-0.05, 0) is 0 Å². The van der Waals surface area contributed by atoms with Crippen LogP contribution >= 0.6 is 0 Å². The fourth-order valence-electron chi connectivity index (χ4n) is 0.258. The topological polar surface area (TPSA) is 247 Å². The fourth-order valence-corrected chi connectivity index (χ4v) is 0.258. The van der Waals surface area contributed by atoms with Crippen LogP contribution in [-0.4, -0.2) is 56.3 Å². The zero-order chi connectivity index (χ0) is 8.31. The number of aliphatic carboxylic acids is 2. The number of aliphatic hydroxyl groups excluding tert-OH is 2. The van der Waals surface area contributed by atoms with Crippen LogP contribution in [0.15, 0.2) is 0 Å². The molecule has 0 amide bonds. The van der Waals surface area contributed by atoms with E-state index < -0.39 is 24.1 Å². The zero-order valence-electron chi connectivity index (χ0n) is 10.1. The number of carbonyl (C=O) groups excluding carboxylic acids is 2. The Morgan fingerprint density at radius 2 is 0.889 bits per heavy atom. The standard InChI is InChI=1S/C4H6O6.FH.K.2Na.4H2O/c5-1(3(7)8)2(6)4(9)10;;;;;;;;/h1-2,5-6H,(H,7,8)(H,9,10);1H;;;;4*1H2/q;;3*+1;;;;/p-3. The van der Waals surface area contributed by atoms with Crippen LogP contribution in [-0.2, 0) is 9.59 Å². The van der Waals surface area contributed by atoms with Crippen molar-refractivity contribution in [3.8, 4) is 0 Å². The average Bonchev–Trinajstić information content (AvgIpc) is 1.84. The molecule has 2 atom stereocenters. The Bertz CT molecular complexity index is 156. The third kappa shape index (κ3) is 26.8. The van der Waals surface area contributed by atoms with Gasteiger partial charge >= 0.3 is 110 Å². The van der Waals surface area contributed by atoms with Crippen molar-refractivity contribution in [1.29, 1.82) is 0 Å². The number of aliphatic hydroxyl groups is 2. The van der Waals surface area contributed by atoms with Gasteiger partial charge in [-0.2, -0.15) is 0 Å². The molecule has 0 bridgehead atoms. The second-order valence-corrected chi connectivity index (χ2v) is 1.53. The molecule has 0 spiro atoms. The van der Waals surface area contributed by atoms with Crippen LogP contribution in [0.25, 0.3) is 0 Å². The maximum atomic E-state index is 9.63. The molecule has 0 aromatic heterocycles. The van der Waals surface area contributed by atoms with Gasteiger partial charge in [-0.3, -0.25) is 0 Å². The predicted molar refractivity (Wildman–Crippen MR) is 36.5 cm³/mol. The van der Waals surface area contributed by atoms with E-state index in [2.05, 4.69) is 0 Å². The minimum absolute atomic E-state index is 0. The van der Waals surface area contributed by atoms with Gasteiger partial charge in [0.2, 0.25) is 0 Å². The van der Waals surface area contributed by atoms with Crippen molar-refractivity contribution < 1.29 is 167 Å². The van der Waals surface area contributed by atoms with Crippen LogP contribution < -0.4 is 125 Å². The molecule has 98 valence electrons. The van der Waals surface area contributed by atoms with Crippen molar-refractivity contribution in [2.45, 2.75) is 12.2 Å². The minimum atomic E-state index is -2.44. The molecule has 14 heteroatoms. The van der Waals surface area contributed by atoms with Crippen molar-refractivity contribution in [3.05, 3.63) is 0 Å². The molecule has 0 aliphatic rings. The Morgan fingerprint density at radius 1 is 0.778 bits per heavy atom. The largest absolute Gasteiger partial charge is 1.00 e. The van der Waals surface area contributed by atoms with Crippen LogP contribution in [0.2, 0.25) is 0 Å². The normalized spacial score (nSPS) is 8.78. The van der Waals surface area contributed by atoms with E-state index in [1.54, 1.807) is 0 Å². The molecule has 0 radical (unpaired) electrons. The van der Waals surface area contributed by atoms with Crippen molar-refractivity contribution in [2.75, 3.05) is 0 Å². The van der Waals surface area contributed by atoms with Gasteiger partial charge < -0.3 is 56.6 Å². The predicted octanol–water partition coefficient (Wildman–Crippen LogP) is -20.1. The van der Waals surface area contributed by atoms with Gasteiger partial charge in [0.1, 0.15) is 12.2 Å². The summed E-state index contributed by atoms with van der Waals surface area (Å²) in [5.41, 5.74) is 0. The van der Waals surface area contributed by atoms with Gasteiger partial charge in [0.15, 0.2) is 0 Å². The Labute approximate surface area is 188 Å². The Morgan fingerprint density at radius 3 is 0.944 bits per heavy atom. The summed E-state index contributed by atoms with van der Waals surface area (Å²) in [6, 6.07) is 0. The van der Waals surface area contributed by atoms with Crippen molar-refractivity contribution in [3.63, 3.8) is 0 Å². The average molecular weight is 324 g/mol. The van der Waals surface area contributed by atoms with Gasteiger partial charge in [-0.15, -0.1) is 0 Å². The first-order valence-electron chi connectivity index (χ1n) is 2.24. The molecule has 0 aliphatic carbocycles. The Hall–Kier alpha value is 2.27. The van der Waals surface area contributed by atoms with Crippen molar-refractivity contribution in [2.24, 2.45) is 0 Å².